The Morgan fingerprint density at radius 1 is 1.64 bits per heavy atom. The van der Waals surface area contributed by atoms with Gasteiger partial charge in [-0.25, -0.2) is 4.98 Å². The van der Waals surface area contributed by atoms with Crippen molar-refractivity contribution in [3.8, 4) is 6.07 Å². The molecule has 3 nitrogen and oxygen atoms in total. The van der Waals surface area contributed by atoms with Gasteiger partial charge in [-0.1, -0.05) is 18.5 Å². The number of anilines is 1. The lowest BCUT2D eigenvalue weighted by atomic mass is 10.2. The van der Waals surface area contributed by atoms with E-state index in [0.717, 1.165) is 6.42 Å². The first-order valence-electron chi connectivity index (χ1n) is 4.50. The number of pyridine rings is 1. The van der Waals surface area contributed by atoms with Gasteiger partial charge in [0.05, 0.1) is 11.6 Å². The Kier molecular flexibility index (Phi) is 3.73. The van der Waals surface area contributed by atoms with Crippen molar-refractivity contribution in [2.45, 2.75) is 26.3 Å². The molecule has 1 atom stereocenters. The van der Waals surface area contributed by atoms with E-state index >= 15 is 0 Å². The van der Waals surface area contributed by atoms with Gasteiger partial charge in [-0.3, -0.25) is 0 Å². The minimum Gasteiger partial charge on any atom is -0.368 e. The summed E-state index contributed by atoms with van der Waals surface area (Å²) in [5.74, 6) is 0.656. The number of halogens is 1. The highest BCUT2D eigenvalue weighted by atomic mass is 35.5. The van der Waals surface area contributed by atoms with Crippen molar-refractivity contribution in [1.82, 2.24) is 4.98 Å². The van der Waals surface area contributed by atoms with Crippen LogP contribution in [0.5, 0.6) is 0 Å². The Labute approximate surface area is 88.7 Å². The lowest BCUT2D eigenvalue weighted by molar-refractivity contribution is 0.759. The fraction of sp³-hybridized carbons (Fsp3) is 0.400. The third-order valence-corrected chi connectivity index (χ3v) is 2.12. The topological polar surface area (TPSA) is 48.7 Å². The minimum absolute atomic E-state index is 0.326. The SMILES string of the molecule is CCC(C)Nc1cc(C#N)cc(Cl)n1. The predicted octanol–water partition coefficient (Wildman–Crippen LogP) is 2.82. The second kappa shape index (κ2) is 4.83. The molecule has 0 aliphatic carbocycles. The molecule has 0 radical (unpaired) electrons. The number of hydrogen-bond donors (Lipinski definition) is 1. The molecule has 0 bridgehead atoms. The van der Waals surface area contributed by atoms with Crippen LogP contribution in [0.2, 0.25) is 5.15 Å². The van der Waals surface area contributed by atoms with Gasteiger partial charge in [-0.15, -0.1) is 0 Å². The first-order chi connectivity index (χ1) is 6.65. The van der Waals surface area contributed by atoms with E-state index in [-0.39, 0.29) is 0 Å². The normalized spacial score (nSPS) is 11.9. The third-order valence-electron chi connectivity index (χ3n) is 1.93. The van der Waals surface area contributed by atoms with Crippen LogP contribution in [0.25, 0.3) is 0 Å². The van der Waals surface area contributed by atoms with Crippen LogP contribution in [-0.4, -0.2) is 11.0 Å². The number of nitriles is 1. The quantitative estimate of drug-likeness (QED) is 0.779. The summed E-state index contributed by atoms with van der Waals surface area (Å²) < 4.78 is 0. The molecule has 74 valence electrons. The molecule has 1 unspecified atom stereocenters. The van der Waals surface area contributed by atoms with Crippen molar-refractivity contribution in [3.05, 3.63) is 22.8 Å². The summed E-state index contributed by atoms with van der Waals surface area (Å²) in [6, 6.07) is 5.60. The summed E-state index contributed by atoms with van der Waals surface area (Å²) >= 11 is 5.75. The van der Waals surface area contributed by atoms with E-state index in [1.807, 2.05) is 6.07 Å². The van der Waals surface area contributed by atoms with Crippen LogP contribution >= 0.6 is 11.6 Å². The van der Waals surface area contributed by atoms with Crippen molar-refractivity contribution >= 4 is 17.4 Å². The Bertz CT molecular complexity index is 357. The molecule has 14 heavy (non-hydrogen) atoms. The maximum absolute atomic E-state index is 8.71. The zero-order valence-corrected chi connectivity index (χ0v) is 8.97. The lowest BCUT2D eigenvalue weighted by Gasteiger charge is -2.11. The van der Waals surface area contributed by atoms with Crippen LogP contribution in [0.1, 0.15) is 25.8 Å². The van der Waals surface area contributed by atoms with Crippen molar-refractivity contribution in [2.75, 3.05) is 5.32 Å². The Morgan fingerprint density at radius 3 is 2.93 bits per heavy atom. The summed E-state index contributed by atoms with van der Waals surface area (Å²) in [4.78, 5) is 4.07. The van der Waals surface area contributed by atoms with Gasteiger partial charge in [0.15, 0.2) is 0 Å². The number of aromatic nitrogens is 1. The van der Waals surface area contributed by atoms with E-state index in [4.69, 9.17) is 16.9 Å². The summed E-state index contributed by atoms with van der Waals surface area (Å²) in [5.41, 5.74) is 0.524. The van der Waals surface area contributed by atoms with Crippen LogP contribution in [0.3, 0.4) is 0 Å². The predicted molar refractivity (Wildman–Crippen MR) is 57.3 cm³/mol. The average Bonchev–Trinajstić information content (AvgIpc) is 2.16. The van der Waals surface area contributed by atoms with Crippen LogP contribution in [-0.2, 0) is 0 Å². The first kappa shape index (κ1) is 10.8. The third kappa shape index (κ3) is 2.90. The van der Waals surface area contributed by atoms with Gasteiger partial charge in [0, 0.05) is 6.04 Å². The van der Waals surface area contributed by atoms with Crippen LogP contribution in [0.15, 0.2) is 12.1 Å². The van der Waals surface area contributed by atoms with Crippen molar-refractivity contribution in [2.24, 2.45) is 0 Å². The fourth-order valence-corrected chi connectivity index (χ4v) is 1.20. The summed E-state index contributed by atoms with van der Waals surface area (Å²) in [6.07, 6.45) is 0.996. The molecule has 1 rings (SSSR count). The molecule has 0 spiro atoms. The molecule has 1 aromatic rings. The molecule has 1 heterocycles. The van der Waals surface area contributed by atoms with E-state index < -0.39 is 0 Å². The Balaban J connectivity index is 2.88. The first-order valence-corrected chi connectivity index (χ1v) is 4.87. The Morgan fingerprint density at radius 2 is 2.36 bits per heavy atom. The molecule has 0 aromatic carbocycles. The van der Waals surface area contributed by atoms with Crippen LogP contribution in [0, 0.1) is 11.3 Å². The van der Waals surface area contributed by atoms with Crippen LogP contribution in [0.4, 0.5) is 5.82 Å². The highest BCUT2D eigenvalue weighted by molar-refractivity contribution is 6.29. The minimum atomic E-state index is 0.326. The largest absolute Gasteiger partial charge is 0.368 e. The highest BCUT2D eigenvalue weighted by Gasteiger charge is 2.03. The molecule has 0 fully saturated rings. The average molecular weight is 210 g/mol. The number of hydrogen-bond acceptors (Lipinski definition) is 3. The molecule has 0 saturated heterocycles. The van der Waals surface area contributed by atoms with E-state index in [0.29, 0.717) is 22.6 Å². The number of nitrogens with one attached hydrogen (secondary N) is 1. The van der Waals surface area contributed by atoms with Gasteiger partial charge in [0.1, 0.15) is 11.0 Å². The standard InChI is InChI=1S/C10H12ClN3/c1-3-7(2)13-10-5-8(6-12)4-9(11)14-10/h4-5,7H,3H2,1-2H3,(H,13,14). The number of nitrogens with zero attached hydrogens (tertiary/aromatic N) is 2. The summed E-state index contributed by atoms with van der Waals surface area (Å²) in [6.45, 7) is 4.13. The van der Waals surface area contributed by atoms with Gasteiger partial charge < -0.3 is 5.32 Å². The van der Waals surface area contributed by atoms with Gasteiger partial charge in [-0.05, 0) is 25.5 Å². The summed E-state index contributed by atoms with van der Waals surface area (Å²) in [5, 5.41) is 12.2. The zero-order valence-electron chi connectivity index (χ0n) is 8.21. The molecule has 1 N–H and O–H groups in total. The Hall–Kier alpha value is -1.27. The maximum atomic E-state index is 8.71. The monoisotopic (exact) mass is 209 g/mol. The van der Waals surface area contributed by atoms with Crippen LogP contribution < -0.4 is 5.32 Å². The van der Waals surface area contributed by atoms with Gasteiger partial charge in [-0.2, -0.15) is 5.26 Å². The van der Waals surface area contributed by atoms with Crippen molar-refractivity contribution in [1.29, 1.82) is 5.26 Å². The second-order valence-electron chi connectivity index (χ2n) is 3.13. The highest BCUT2D eigenvalue weighted by Crippen LogP contribution is 2.14. The smallest absolute Gasteiger partial charge is 0.132 e. The molecule has 0 aliphatic rings. The zero-order chi connectivity index (χ0) is 10.6. The van der Waals surface area contributed by atoms with E-state index in [1.54, 1.807) is 12.1 Å². The fourth-order valence-electron chi connectivity index (χ4n) is 0.990. The van der Waals surface area contributed by atoms with Crippen molar-refractivity contribution in [3.63, 3.8) is 0 Å². The second-order valence-corrected chi connectivity index (χ2v) is 3.52. The van der Waals surface area contributed by atoms with Gasteiger partial charge in [0.2, 0.25) is 0 Å². The molecule has 4 heteroatoms. The van der Waals surface area contributed by atoms with Crippen molar-refractivity contribution < 1.29 is 0 Å². The molecular formula is C10H12ClN3. The molecule has 0 aliphatic heterocycles. The van der Waals surface area contributed by atoms with Gasteiger partial charge in [0.25, 0.3) is 0 Å². The molecule has 1 aromatic heterocycles. The number of rotatable bonds is 3. The summed E-state index contributed by atoms with van der Waals surface area (Å²) in [7, 11) is 0. The van der Waals surface area contributed by atoms with E-state index in [2.05, 4.69) is 24.1 Å². The van der Waals surface area contributed by atoms with Gasteiger partial charge >= 0.3 is 0 Å². The van der Waals surface area contributed by atoms with E-state index in [1.165, 1.54) is 0 Å². The molecular weight excluding hydrogens is 198 g/mol. The molecule has 0 saturated carbocycles. The lowest BCUT2D eigenvalue weighted by Crippen LogP contribution is -2.14. The maximum Gasteiger partial charge on any atom is 0.132 e. The van der Waals surface area contributed by atoms with E-state index in [9.17, 15) is 0 Å². The molecule has 0 amide bonds.